The van der Waals surface area contributed by atoms with Gasteiger partial charge in [0.25, 0.3) is 11.8 Å². The zero-order valence-corrected chi connectivity index (χ0v) is 17.7. The fourth-order valence-electron chi connectivity index (χ4n) is 3.79. The number of carbonyl (C=O) groups excluding carboxylic acids is 2. The molecule has 1 N–H and O–H groups in total. The second-order valence-electron chi connectivity index (χ2n) is 7.79. The number of aromatic nitrogens is 1. The Kier molecular flexibility index (Phi) is 4.86. The number of imide groups is 1. The first-order chi connectivity index (χ1) is 15.5. The molecule has 5 rings (SSSR count). The second-order valence-corrected chi connectivity index (χ2v) is 7.79. The maximum Gasteiger partial charge on any atom is 0.278 e. The van der Waals surface area contributed by atoms with E-state index in [9.17, 15) is 9.59 Å². The van der Waals surface area contributed by atoms with Crippen LogP contribution in [0, 0.1) is 13.8 Å². The van der Waals surface area contributed by atoms with Gasteiger partial charge in [-0.2, -0.15) is 0 Å². The quantitative estimate of drug-likeness (QED) is 0.624. The van der Waals surface area contributed by atoms with Gasteiger partial charge in [0, 0.05) is 24.1 Å². The first kappa shape index (κ1) is 19.8. The standard InChI is InChI=1S/C25H21N3O4/c1-15-3-4-18(11-16(15)2)22-23(27-19-5-6-20-21(12-19)32-14-31-20)25(30)28(24(22)29)13-17-7-9-26-10-8-17/h3-12,27H,13-14H2,1-2H3. The van der Waals surface area contributed by atoms with Gasteiger partial charge in [0.05, 0.1) is 12.1 Å². The number of aryl methyl sites for hydroxylation is 2. The molecule has 0 radical (unpaired) electrons. The summed E-state index contributed by atoms with van der Waals surface area (Å²) in [6.07, 6.45) is 3.29. The average molecular weight is 427 g/mol. The summed E-state index contributed by atoms with van der Waals surface area (Å²) in [6.45, 7) is 4.32. The van der Waals surface area contributed by atoms with Gasteiger partial charge in [-0.1, -0.05) is 18.2 Å². The SMILES string of the molecule is Cc1ccc(C2=C(Nc3ccc4c(c3)OCO4)C(=O)N(Cc3ccncc3)C2=O)cc1C. The Labute approximate surface area is 185 Å². The minimum Gasteiger partial charge on any atom is -0.454 e. The summed E-state index contributed by atoms with van der Waals surface area (Å²) in [6, 6.07) is 14.7. The predicted octanol–water partition coefficient (Wildman–Crippen LogP) is 3.82. The van der Waals surface area contributed by atoms with Gasteiger partial charge in [0.2, 0.25) is 6.79 Å². The molecule has 3 aromatic rings. The van der Waals surface area contributed by atoms with E-state index in [-0.39, 0.29) is 30.8 Å². The minimum atomic E-state index is -0.377. The lowest BCUT2D eigenvalue weighted by molar-refractivity contribution is -0.137. The molecular formula is C25H21N3O4. The number of carbonyl (C=O) groups is 2. The number of hydrogen-bond donors (Lipinski definition) is 1. The van der Waals surface area contributed by atoms with Crippen LogP contribution in [0.2, 0.25) is 0 Å². The fraction of sp³-hybridized carbons (Fsp3) is 0.160. The van der Waals surface area contributed by atoms with Gasteiger partial charge in [0.1, 0.15) is 5.70 Å². The van der Waals surface area contributed by atoms with E-state index in [0.717, 1.165) is 16.7 Å². The first-order valence-corrected chi connectivity index (χ1v) is 10.2. The van der Waals surface area contributed by atoms with E-state index in [0.29, 0.717) is 28.3 Å². The Morgan fingerprint density at radius 3 is 2.47 bits per heavy atom. The molecule has 0 spiro atoms. The third-order valence-electron chi connectivity index (χ3n) is 5.70. The number of amides is 2. The average Bonchev–Trinajstić information content (AvgIpc) is 3.35. The van der Waals surface area contributed by atoms with Gasteiger partial charge in [-0.05, 0) is 60.4 Å². The first-order valence-electron chi connectivity index (χ1n) is 10.2. The zero-order valence-electron chi connectivity index (χ0n) is 17.7. The summed E-state index contributed by atoms with van der Waals surface area (Å²) in [5, 5.41) is 3.17. The number of ether oxygens (including phenoxy) is 2. The Bertz CT molecular complexity index is 1270. The van der Waals surface area contributed by atoms with Gasteiger partial charge in [0.15, 0.2) is 11.5 Å². The highest BCUT2D eigenvalue weighted by Crippen LogP contribution is 2.37. The topological polar surface area (TPSA) is 80.8 Å². The van der Waals surface area contributed by atoms with Crippen LogP contribution in [0.3, 0.4) is 0 Å². The summed E-state index contributed by atoms with van der Waals surface area (Å²) in [5.41, 5.74) is 4.92. The molecule has 0 unspecified atom stereocenters. The molecule has 7 heteroatoms. The largest absolute Gasteiger partial charge is 0.454 e. The third-order valence-corrected chi connectivity index (χ3v) is 5.70. The number of nitrogens with one attached hydrogen (secondary N) is 1. The lowest BCUT2D eigenvalue weighted by atomic mass is 9.99. The van der Waals surface area contributed by atoms with Crippen molar-refractivity contribution in [2.45, 2.75) is 20.4 Å². The van der Waals surface area contributed by atoms with Crippen molar-refractivity contribution < 1.29 is 19.1 Å². The Hall–Kier alpha value is -4.13. The van der Waals surface area contributed by atoms with Crippen LogP contribution in [-0.4, -0.2) is 28.5 Å². The molecule has 0 fully saturated rings. The molecule has 3 heterocycles. The van der Waals surface area contributed by atoms with Gasteiger partial charge >= 0.3 is 0 Å². The Morgan fingerprint density at radius 1 is 0.906 bits per heavy atom. The van der Waals surface area contributed by atoms with Crippen LogP contribution in [-0.2, 0) is 16.1 Å². The summed E-state index contributed by atoms with van der Waals surface area (Å²) in [7, 11) is 0. The maximum atomic E-state index is 13.5. The molecule has 2 amide bonds. The monoisotopic (exact) mass is 427 g/mol. The number of hydrogen-bond acceptors (Lipinski definition) is 6. The van der Waals surface area contributed by atoms with E-state index in [4.69, 9.17) is 9.47 Å². The van der Waals surface area contributed by atoms with Crippen molar-refractivity contribution in [3.05, 3.63) is 88.9 Å². The Morgan fingerprint density at radius 2 is 1.69 bits per heavy atom. The summed E-state index contributed by atoms with van der Waals surface area (Å²) < 4.78 is 10.8. The minimum absolute atomic E-state index is 0.159. The molecule has 0 saturated carbocycles. The molecule has 0 bridgehead atoms. The lowest BCUT2D eigenvalue weighted by Gasteiger charge is -2.15. The molecule has 2 aliphatic rings. The normalized spacial score (nSPS) is 15.0. The van der Waals surface area contributed by atoms with Crippen molar-refractivity contribution in [3.63, 3.8) is 0 Å². The van der Waals surface area contributed by atoms with E-state index in [1.165, 1.54) is 4.90 Å². The van der Waals surface area contributed by atoms with Gasteiger partial charge in [-0.3, -0.25) is 19.5 Å². The van der Waals surface area contributed by atoms with E-state index in [1.54, 1.807) is 42.7 Å². The molecule has 0 saturated heterocycles. The second kappa shape index (κ2) is 7.85. The maximum absolute atomic E-state index is 13.5. The molecule has 32 heavy (non-hydrogen) atoms. The van der Waals surface area contributed by atoms with Crippen molar-refractivity contribution in [1.29, 1.82) is 0 Å². The number of pyridine rings is 1. The number of anilines is 1. The number of rotatable bonds is 5. The molecule has 1 aromatic heterocycles. The summed E-state index contributed by atoms with van der Waals surface area (Å²) in [5.74, 6) is 0.525. The van der Waals surface area contributed by atoms with Crippen LogP contribution in [0.25, 0.3) is 5.57 Å². The van der Waals surface area contributed by atoms with Gasteiger partial charge in [-0.15, -0.1) is 0 Å². The van der Waals surface area contributed by atoms with Crippen LogP contribution in [0.4, 0.5) is 5.69 Å². The number of nitrogens with zero attached hydrogens (tertiary/aromatic N) is 2. The van der Waals surface area contributed by atoms with Crippen molar-refractivity contribution in [3.8, 4) is 11.5 Å². The fourth-order valence-corrected chi connectivity index (χ4v) is 3.79. The van der Waals surface area contributed by atoms with Crippen molar-refractivity contribution in [2.24, 2.45) is 0 Å². The van der Waals surface area contributed by atoms with Gasteiger partial charge in [-0.25, -0.2) is 0 Å². The highest BCUT2D eigenvalue weighted by atomic mass is 16.7. The van der Waals surface area contributed by atoms with Crippen LogP contribution in [0.5, 0.6) is 11.5 Å². The zero-order chi connectivity index (χ0) is 22.2. The van der Waals surface area contributed by atoms with Crippen molar-refractivity contribution >= 4 is 23.1 Å². The molecule has 2 aromatic carbocycles. The molecule has 0 atom stereocenters. The summed E-state index contributed by atoms with van der Waals surface area (Å²) in [4.78, 5) is 32.1. The van der Waals surface area contributed by atoms with E-state index < -0.39 is 0 Å². The molecule has 0 aliphatic carbocycles. The third kappa shape index (κ3) is 3.47. The molecule has 7 nitrogen and oxygen atoms in total. The highest BCUT2D eigenvalue weighted by molar-refractivity contribution is 6.36. The van der Waals surface area contributed by atoms with E-state index >= 15 is 0 Å². The smallest absolute Gasteiger partial charge is 0.278 e. The van der Waals surface area contributed by atoms with E-state index in [2.05, 4.69) is 10.3 Å². The van der Waals surface area contributed by atoms with Gasteiger partial charge < -0.3 is 14.8 Å². The van der Waals surface area contributed by atoms with Crippen LogP contribution in [0.1, 0.15) is 22.3 Å². The summed E-state index contributed by atoms with van der Waals surface area (Å²) >= 11 is 0. The van der Waals surface area contributed by atoms with Crippen molar-refractivity contribution in [1.82, 2.24) is 9.88 Å². The molecular weight excluding hydrogens is 406 g/mol. The predicted molar refractivity (Wildman–Crippen MR) is 119 cm³/mol. The van der Waals surface area contributed by atoms with Crippen LogP contribution in [0.15, 0.2) is 66.6 Å². The highest BCUT2D eigenvalue weighted by Gasteiger charge is 2.39. The Balaban J connectivity index is 1.55. The number of benzene rings is 2. The van der Waals surface area contributed by atoms with Crippen molar-refractivity contribution in [2.75, 3.05) is 12.1 Å². The molecule has 160 valence electrons. The number of fused-ring (bicyclic) bond motifs is 1. The van der Waals surface area contributed by atoms with Crippen LogP contribution >= 0.6 is 0 Å². The van der Waals surface area contributed by atoms with E-state index in [1.807, 2.05) is 32.0 Å². The lowest BCUT2D eigenvalue weighted by Crippen LogP contribution is -2.32. The molecule has 2 aliphatic heterocycles. The van der Waals surface area contributed by atoms with Crippen LogP contribution < -0.4 is 14.8 Å².